The van der Waals surface area contributed by atoms with E-state index in [1.54, 1.807) is 10.9 Å². The summed E-state index contributed by atoms with van der Waals surface area (Å²) < 4.78 is 1.66. The third-order valence-corrected chi connectivity index (χ3v) is 2.29. The average Bonchev–Trinajstić information content (AvgIpc) is 2.46. The van der Waals surface area contributed by atoms with E-state index in [9.17, 15) is 4.79 Å². The Morgan fingerprint density at radius 2 is 2.31 bits per heavy atom. The van der Waals surface area contributed by atoms with Crippen molar-refractivity contribution in [3.63, 3.8) is 0 Å². The Morgan fingerprint density at radius 1 is 1.62 bits per heavy atom. The third kappa shape index (κ3) is 1.40. The zero-order valence-electron chi connectivity index (χ0n) is 7.05. The quantitative estimate of drug-likeness (QED) is 0.613. The van der Waals surface area contributed by atoms with E-state index in [1.807, 2.05) is 0 Å². The molecule has 0 radical (unpaired) electrons. The van der Waals surface area contributed by atoms with E-state index in [1.165, 1.54) is 0 Å². The van der Waals surface area contributed by atoms with Gasteiger partial charge in [-0.1, -0.05) is 5.21 Å². The number of amides is 1. The van der Waals surface area contributed by atoms with Gasteiger partial charge >= 0.3 is 0 Å². The molecule has 4 N–H and O–H groups in total. The highest BCUT2D eigenvalue weighted by atomic mass is 16.1. The molecule has 1 aliphatic rings. The highest BCUT2D eigenvalue weighted by molar-refractivity contribution is 5.90. The van der Waals surface area contributed by atoms with Gasteiger partial charge in [0.1, 0.15) is 0 Å². The van der Waals surface area contributed by atoms with E-state index in [2.05, 4.69) is 10.3 Å². The Bertz CT molecular complexity index is 327. The summed E-state index contributed by atoms with van der Waals surface area (Å²) in [6, 6.07) is 0.543. The number of nitrogens with two attached hydrogens (primary N) is 2. The van der Waals surface area contributed by atoms with Crippen LogP contribution in [-0.4, -0.2) is 26.9 Å². The topological polar surface area (TPSA) is 99.8 Å². The Labute approximate surface area is 74.9 Å². The van der Waals surface area contributed by atoms with Gasteiger partial charge < -0.3 is 11.5 Å². The van der Waals surface area contributed by atoms with Crippen LogP contribution in [0.2, 0.25) is 0 Å². The number of aromatic nitrogens is 3. The van der Waals surface area contributed by atoms with Crippen molar-refractivity contribution in [1.29, 1.82) is 0 Å². The molecule has 1 aliphatic carbocycles. The van der Waals surface area contributed by atoms with Gasteiger partial charge in [-0.15, -0.1) is 5.10 Å². The molecule has 13 heavy (non-hydrogen) atoms. The second-order valence-corrected chi connectivity index (χ2v) is 3.33. The van der Waals surface area contributed by atoms with Crippen molar-refractivity contribution < 1.29 is 4.79 Å². The first-order chi connectivity index (χ1) is 6.16. The van der Waals surface area contributed by atoms with Gasteiger partial charge in [0.2, 0.25) is 0 Å². The minimum Gasteiger partial charge on any atom is -0.364 e. The molecule has 0 saturated heterocycles. The summed E-state index contributed by atoms with van der Waals surface area (Å²) in [6.45, 7) is 0. The molecular weight excluding hydrogens is 170 g/mol. The fourth-order valence-electron chi connectivity index (χ4n) is 1.41. The highest BCUT2D eigenvalue weighted by Gasteiger charge is 2.28. The van der Waals surface area contributed by atoms with Crippen molar-refractivity contribution in [3.05, 3.63) is 11.9 Å². The monoisotopic (exact) mass is 181 g/mol. The maximum atomic E-state index is 10.7. The molecule has 1 aromatic heterocycles. The molecule has 70 valence electrons. The van der Waals surface area contributed by atoms with Crippen LogP contribution in [0.1, 0.15) is 29.4 Å². The Hall–Kier alpha value is -1.43. The first-order valence-electron chi connectivity index (χ1n) is 4.14. The summed E-state index contributed by atoms with van der Waals surface area (Å²) in [5, 5.41) is 7.45. The molecule has 1 fully saturated rings. The van der Waals surface area contributed by atoms with E-state index in [0.717, 1.165) is 12.8 Å². The van der Waals surface area contributed by atoms with Crippen LogP contribution in [-0.2, 0) is 0 Å². The number of rotatable bonds is 2. The minimum atomic E-state index is -0.546. The van der Waals surface area contributed by atoms with Gasteiger partial charge in [0.25, 0.3) is 5.91 Å². The Kier molecular flexibility index (Phi) is 1.77. The summed E-state index contributed by atoms with van der Waals surface area (Å²) in [4.78, 5) is 10.7. The van der Waals surface area contributed by atoms with Crippen LogP contribution >= 0.6 is 0 Å². The predicted molar refractivity (Wildman–Crippen MR) is 44.8 cm³/mol. The standard InChI is InChI=1S/C7H11N5O/c8-4-1-5(2-4)12-3-6(7(9)13)10-11-12/h3-5H,1-2,8H2,(H2,9,13). The van der Waals surface area contributed by atoms with Crippen LogP contribution in [0, 0.1) is 0 Å². The molecule has 6 nitrogen and oxygen atoms in total. The lowest BCUT2D eigenvalue weighted by molar-refractivity contribution is 0.0995. The highest BCUT2D eigenvalue weighted by Crippen LogP contribution is 2.29. The molecule has 2 rings (SSSR count). The predicted octanol–water partition coefficient (Wildman–Crippen LogP) is -0.961. The summed E-state index contributed by atoms with van der Waals surface area (Å²) in [6.07, 6.45) is 3.35. The van der Waals surface area contributed by atoms with E-state index in [-0.39, 0.29) is 17.8 Å². The van der Waals surface area contributed by atoms with Gasteiger partial charge in [-0.3, -0.25) is 4.79 Å². The zero-order chi connectivity index (χ0) is 9.42. The number of hydrogen-bond acceptors (Lipinski definition) is 4. The first-order valence-corrected chi connectivity index (χ1v) is 4.14. The maximum absolute atomic E-state index is 10.7. The van der Waals surface area contributed by atoms with E-state index in [0.29, 0.717) is 0 Å². The van der Waals surface area contributed by atoms with Crippen LogP contribution < -0.4 is 11.5 Å². The van der Waals surface area contributed by atoms with Crippen molar-refractivity contribution in [3.8, 4) is 0 Å². The molecule has 0 bridgehead atoms. The van der Waals surface area contributed by atoms with E-state index in [4.69, 9.17) is 11.5 Å². The molecule has 0 unspecified atom stereocenters. The average molecular weight is 181 g/mol. The van der Waals surface area contributed by atoms with E-state index >= 15 is 0 Å². The fraction of sp³-hybridized carbons (Fsp3) is 0.571. The molecule has 1 aromatic rings. The van der Waals surface area contributed by atoms with Crippen molar-refractivity contribution >= 4 is 5.91 Å². The number of primary amides is 1. The molecule has 1 amide bonds. The molecule has 0 atom stereocenters. The maximum Gasteiger partial charge on any atom is 0.270 e. The number of carbonyl (C=O) groups is 1. The Balaban J connectivity index is 2.10. The van der Waals surface area contributed by atoms with Crippen molar-refractivity contribution in [1.82, 2.24) is 15.0 Å². The number of hydrogen-bond donors (Lipinski definition) is 2. The summed E-state index contributed by atoms with van der Waals surface area (Å²) in [7, 11) is 0. The van der Waals surface area contributed by atoms with Gasteiger partial charge in [-0.25, -0.2) is 4.68 Å². The van der Waals surface area contributed by atoms with Crippen LogP contribution in [0.5, 0.6) is 0 Å². The molecular formula is C7H11N5O. The van der Waals surface area contributed by atoms with E-state index < -0.39 is 5.91 Å². The summed E-state index contributed by atoms with van der Waals surface area (Å²) >= 11 is 0. The third-order valence-electron chi connectivity index (χ3n) is 2.29. The van der Waals surface area contributed by atoms with Crippen LogP contribution in [0.15, 0.2) is 6.20 Å². The lowest BCUT2D eigenvalue weighted by Gasteiger charge is -2.31. The van der Waals surface area contributed by atoms with Gasteiger partial charge in [-0.2, -0.15) is 0 Å². The minimum absolute atomic E-state index is 0.209. The SMILES string of the molecule is NC(=O)c1cn(C2CC(N)C2)nn1. The van der Waals surface area contributed by atoms with Crippen LogP contribution in [0.25, 0.3) is 0 Å². The molecule has 6 heteroatoms. The largest absolute Gasteiger partial charge is 0.364 e. The second kappa shape index (κ2) is 2.81. The van der Waals surface area contributed by atoms with Crippen LogP contribution in [0.3, 0.4) is 0 Å². The Morgan fingerprint density at radius 3 is 2.77 bits per heavy atom. The fourth-order valence-corrected chi connectivity index (χ4v) is 1.41. The smallest absolute Gasteiger partial charge is 0.270 e. The van der Waals surface area contributed by atoms with Gasteiger partial charge in [0, 0.05) is 6.04 Å². The molecule has 0 aromatic carbocycles. The summed E-state index contributed by atoms with van der Waals surface area (Å²) in [5.41, 5.74) is 10.9. The molecule has 0 aliphatic heterocycles. The molecule has 0 spiro atoms. The molecule has 1 saturated carbocycles. The lowest BCUT2D eigenvalue weighted by atomic mass is 9.88. The van der Waals surface area contributed by atoms with Crippen molar-refractivity contribution in [2.24, 2.45) is 11.5 Å². The van der Waals surface area contributed by atoms with Gasteiger partial charge in [-0.05, 0) is 12.8 Å². The second-order valence-electron chi connectivity index (χ2n) is 3.33. The summed E-state index contributed by atoms with van der Waals surface area (Å²) in [5.74, 6) is -0.546. The number of carbonyl (C=O) groups excluding carboxylic acids is 1. The zero-order valence-corrected chi connectivity index (χ0v) is 7.05. The van der Waals surface area contributed by atoms with Gasteiger partial charge in [0.05, 0.1) is 12.2 Å². The number of nitrogens with zero attached hydrogens (tertiary/aromatic N) is 3. The normalized spacial score (nSPS) is 26.8. The first kappa shape index (κ1) is 8.18. The van der Waals surface area contributed by atoms with Gasteiger partial charge in [0.15, 0.2) is 5.69 Å². The lowest BCUT2D eigenvalue weighted by Crippen LogP contribution is -2.37. The van der Waals surface area contributed by atoms with Crippen molar-refractivity contribution in [2.75, 3.05) is 0 Å². The molecule has 1 heterocycles. The van der Waals surface area contributed by atoms with Crippen molar-refractivity contribution in [2.45, 2.75) is 24.9 Å². The van der Waals surface area contributed by atoms with Crippen LogP contribution in [0.4, 0.5) is 0 Å².